The van der Waals surface area contributed by atoms with Crippen LogP contribution >= 0.6 is 11.8 Å². The Kier molecular flexibility index (Phi) is 7.28. The van der Waals surface area contributed by atoms with Gasteiger partial charge in [0.15, 0.2) is 0 Å². The Labute approximate surface area is 221 Å². The second kappa shape index (κ2) is 10.9. The van der Waals surface area contributed by atoms with E-state index >= 15 is 0 Å². The number of aryl methyl sites for hydroxylation is 1. The predicted octanol–water partition coefficient (Wildman–Crippen LogP) is 6.21. The zero-order chi connectivity index (χ0) is 25.8. The summed E-state index contributed by atoms with van der Waals surface area (Å²) in [4.78, 5) is 18.5. The van der Waals surface area contributed by atoms with Crippen LogP contribution < -0.4 is 15.4 Å². The second-order valence-corrected chi connectivity index (χ2v) is 9.77. The summed E-state index contributed by atoms with van der Waals surface area (Å²) in [6.07, 6.45) is 0. The third kappa shape index (κ3) is 5.54. The van der Waals surface area contributed by atoms with Gasteiger partial charge >= 0.3 is 0 Å². The summed E-state index contributed by atoms with van der Waals surface area (Å²) in [6, 6.07) is 25.3. The molecule has 7 nitrogen and oxygen atoms in total. The first-order valence-electron chi connectivity index (χ1n) is 12.2. The Bertz CT molecular complexity index is 1450. The standard InChI is InChI=1S/C29H29N5O2S/c1-4-36-24-15-9-13-22(17-24)26-25(27(35)31-23-14-8-10-19(2)16-23)20(3)30-28-32-29(33-34(26)28)37-18-21-11-6-5-7-12-21/h5-17,26H,4,18H2,1-3H3,(H,31,35)(H,30,32,33). The molecule has 37 heavy (non-hydrogen) atoms. The van der Waals surface area contributed by atoms with Crippen molar-refractivity contribution in [2.45, 2.75) is 37.7 Å². The summed E-state index contributed by atoms with van der Waals surface area (Å²) in [6.45, 7) is 6.41. The van der Waals surface area contributed by atoms with Gasteiger partial charge in [0.2, 0.25) is 11.1 Å². The summed E-state index contributed by atoms with van der Waals surface area (Å²) in [5.74, 6) is 1.91. The van der Waals surface area contributed by atoms with Crippen molar-refractivity contribution in [3.05, 3.63) is 107 Å². The fourth-order valence-electron chi connectivity index (χ4n) is 4.38. The van der Waals surface area contributed by atoms with Crippen LogP contribution in [0.5, 0.6) is 5.75 Å². The molecule has 1 unspecified atom stereocenters. The van der Waals surface area contributed by atoms with Gasteiger partial charge in [-0.2, -0.15) is 4.98 Å². The van der Waals surface area contributed by atoms with Crippen molar-refractivity contribution in [2.75, 3.05) is 17.2 Å². The van der Waals surface area contributed by atoms with Crippen molar-refractivity contribution in [3.63, 3.8) is 0 Å². The molecule has 0 bridgehead atoms. The lowest BCUT2D eigenvalue weighted by Gasteiger charge is -2.29. The highest BCUT2D eigenvalue weighted by Crippen LogP contribution is 2.38. The van der Waals surface area contributed by atoms with Gasteiger partial charge in [0.05, 0.1) is 12.2 Å². The molecule has 1 atom stereocenters. The van der Waals surface area contributed by atoms with E-state index in [0.29, 0.717) is 23.3 Å². The first kappa shape index (κ1) is 24.6. The van der Waals surface area contributed by atoms with Crippen molar-refractivity contribution in [2.24, 2.45) is 0 Å². The summed E-state index contributed by atoms with van der Waals surface area (Å²) < 4.78 is 7.57. The van der Waals surface area contributed by atoms with Crippen molar-refractivity contribution in [1.29, 1.82) is 0 Å². The van der Waals surface area contributed by atoms with Crippen LogP contribution in [-0.4, -0.2) is 27.3 Å². The number of allylic oxidation sites excluding steroid dienone is 1. The number of aromatic nitrogens is 3. The smallest absolute Gasteiger partial charge is 0.255 e. The fourth-order valence-corrected chi connectivity index (χ4v) is 5.16. The topological polar surface area (TPSA) is 81.1 Å². The minimum Gasteiger partial charge on any atom is -0.494 e. The van der Waals surface area contributed by atoms with E-state index in [1.807, 2.05) is 87.5 Å². The number of rotatable bonds is 8. The molecule has 1 aliphatic heterocycles. The molecule has 2 N–H and O–H groups in total. The zero-order valence-electron chi connectivity index (χ0n) is 21.1. The maximum Gasteiger partial charge on any atom is 0.255 e. The lowest BCUT2D eigenvalue weighted by molar-refractivity contribution is -0.113. The average Bonchev–Trinajstić information content (AvgIpc) is 3.30. The number of hydrogen-bond donors (Lipinski definition) is 2. The molecule has 0 radical (unpaired) electrons. The third-order valence-electron chi connectivity index (χ3n) is 6.05. The number of ether oxygens (including phenoxy) is 1. The number of thioether (sulfide) groups is 1. The third-order valence-corrected chi connectivity index (χ3v) is 6.96. The summed E-state index contributed by atoms with van der Waals surface area (Å²) >= 11 is 1.56. The van der Waals surface area contributed by atoms with E-state index in [9.17, 15) is 4.79 Å². The molecule has 188 valence electrons. The van der Waals surface area contributed by atoms with Gasteiger partial charge in [-0.05, 0) is 61.7 Å². The normalized spacial score (nSPS) is 14.6. The highest BCUT2D eigenvalue weighted by atomic mass is 32.2. The molecule has 8 heteroatoms. The molecule has 0 spiro atoms. The quantitative estimate of drug-likeness (QED) is 0.274. The number of amides is 1. The molecular formula is C29H29N5O2S. The number of carbonyl (C=O) groups is 1. The molecule has 2 heterocycles. The summed E-state index contributed by atoms with van der Waals surface area (Å²) in [5.41, 5.74) is 5.22. The SMILES string of the molecule is CCOc1cccc(C2C(C(=O)Nc3cccc(C)c3)=C(C)Nc3nc(SCc4ccccc4)nn32)c1. The Morgan fingerprint density at radius 1 is 1.05 bits per heavy atom. The number of fused-ring (bicyclic) bond motifs is 1. The van der Waals surface area contributed by atoms with Crippen LogP contribution in [0.1, 0.15) is 36.6 Å². The molecule has 0 saturated carbocycles. The Hall–Kier alpha value is -4.04. The van der Waals surface area contributed by atoms with Gasteiger partial charge in [0.25, 0.3) is 5.91 Å². The molecular weight excluding hydrogens is 482 g/mol. The maximum absolute atomic E-state index is 13.7. The van der Waals surface area contributed by atoms with Gasteiger partial charge in [-0.15, -0.1) is 5.10 Å². The molecule has 4 aromatic rings. The monoisotopic (exact) mass is 511 g/mol. The van der Waals surface area contributed by atoms with Gasteiger partial charge in [-0.1, -0.05) is 66.4 Å². The molecule has 0 fully saturated rings. The number of benzene rings is 3. The lowest BCUT2D eigenvalue weighted by atomic mass is 9.94. The molecule has 0 saturated heterocycles. The van der Waals surface area contributed by atoms with Crippen LogP contribution in [0.15, 0.2) is 95.3 Å². The first-order valence-corrected chi connectivity index (χ1v) is 13.2. The van der Waals surface area contributed by atoms with E-state index in [2.05, 4.69) is 22.8 Å². The van der Waals surface area contributed by atoms with Gasteiger partial charge in [0, 0.05) is 17.1 Å². The molecule has 1 amide bonds. The van der Waals surface area contributed by atoms with Crippen LogP contribution in [0.25, 0.3) is 0 Å². The molecule has 0 aliphatic carbocycles. The summed E-state index contributed by atoms with van der Waals surface area (Å²) in [7, 11) is 0. The Morgan fingerprint density at radius 3 is 2.65 bits per heavy atom. The van der Waals surface area contributed by atoms with Crippen LogP contribution in [-0.2, 0) is 10.5 Å². The van der Waals surface area contributed by atoms with Crippen molar-refractivity contribution < 1.29 is 9.53 Å². The Morgan fingerprint density at radius 2 is 1.86 bits per heavy atom. The maximum atomic E-state index is 13.7. The van der Waals surface area contributed by atoms with Crippen LogP contribution in [0, 0.1) is 6.92 Å². The minimum absolute atomic E-state index is 0.193. The number of nitrogens with zero attached hydrogens (tertiary/aromatic N) is 3. The van der Waals surface area contributed by atoms with E-state index in [-0.39, 0.29) is 5.91 Å². The number of nitrogens with one attached hydrogen (secondary N) is 2. The van der Waals surface area contributed by atoms with Crippen LogP contribution in [0.3, 0.4) is 0 Å². The van der Waals surface area contributed by atoms with E-state index < -0.39 is 6.04 Å². The molecule has 1 aromatic heterocycles. The van der Waals surface area contributed by atoms with Crippen LogP contribution in [0.2, 0.25) is 0 Å². The van der Waals surface area contributed by atoms with E-state index in [1.165, 1.54) is 5.56 Å². The van der Waals surface area contributed by atoms with Gasteiger partial charge in [0.1, 0.15) is 11.8 Å². The Balaban J connectivity index is 1.51. The zero-order valence-corrected chi connectivity index (χ0v) is 21.9. The van der Waals surface area contributed by atoms with Gasteiger partial charge in [-0.25, -0.2) is 4.68 Å². The lowest BCUT2D eigenvalue weighted by Crippen LogP contribution is -2.31. The number of hydrogen-bond acceptors (Lipinski definition) is 6. The first-order chi connectivity index (χ1) is 18.0. The highest BCUT2D eigenvalue weighted by molar-refractivity contribution is 7.98. The van der Waals surface area contributed by atoms with Crippen LogP contribution in [0.4, 0.5) is 11.6 Å². The largest absolute Gasteiger partial charge is 0.494 e. The average molecular weight is 512 g/mol. The number of anilines is 2. The van der Waals surface area contributed by atoms with Crippen molar-refractivity contribution in [1.82, 2.24) is 14.8 Å². The fraction of sp³-hybridized carbons (Fsp3) is 0.207. The van der Waals surface area contributed by atoms with E-state index in [1.54, 1.807) is 16.4 Å². The second-order valence-electron chi connectivity index (χ2n) is 8.83. The van der Waals surface area contributed by atoms with Gasteiger partial charge < -0.3 is 15.4 Å². The van der Waals surface area contributed by atoms with E-state index in [0.717, 1.165) is 34.0 Å². The summed E-state index contributed by atoms with van der Waals surface area (Å²) in [5, 5.41) is 11.9. The van der Waals surface area contributed by atoms with E-state index in [4.69, 9.17) is 14.8 Å². The molecule has 1 aliphatic rings. The van der Waals surface area contributed by atoms with Crippen molar-refractivity contribution in [3.8, 4) is 5.75 Å². The highest BCUT2D eigenvalue weighted by Gasteiger charge is 2.34. The minimum atomic E-state index is -0.472. The number of carbonyl (C=O) groups excluding carboxylic acids is 1. The van der Waals surface area contributed by atoms with Crippen molar-refractivity contribution >= 4 is 29.3 Å². The molecule has 3 aromatic carbocycles. The molecule has 5 rings (SSSR count). The van der Waals surface area contributed by atoms with Gasteiger partial charge in [-0.3, -0.25) is 4.79 Å². The predicted molar refractivity (Wildman–Crippen MR) is 148 cm³/mol.